The molecule has 0 saturated heterocycles. The second kappa shape index (κ2) is 7.31. The Labute approximate surface area is 122 Å². The molecule has 2 heteroatoms. The van der Waals surface area contributed by atoms with Crippen LogP contribution >= 0.6 is 11.6 Å². The molecule has 1 saturated carbocycles. The van der Waals surface area contributed by atoms with E-state index in [1.54, 1.807) is 0 Å². The van der Waals surface area contributed by atoms with Crippen LogP contribution in [0.5, 0.6) is 0 Å². The van der Waals surface area contributed by atoms with E-state index >= 15 is 0 Å². The van der Waals surface area contributed by atoms with Crippen molar-refractivity contribution in [2.45, 2.75) is 45.4 Å². The number of halogens is 1. The minimum absolute atomic E-state index is 0.701. The predicted molar refractivity (Wildman–Crippen MR) is 83.4 cm³/mol. The molecule has 0 aromatic heterocycles. The van der Waals surface area contributed by atoms with Gasteiger partial charge in [-0.05, 0) is 61.3 Å². The van der Waals surface area contributed by atoms with Gasteiger partial charge in [-0.1, -0.05) is 49.9 Å². The zero-order valence-electron chi connectivity index (χ0n) is 11.9. The van der Waals surface area contributed by atoms with Gasteiger partial charge < -0.3 is 5.73 Å². The summed E-state index contributed by atoms with van der Waals surface area (Å²) in [6.45, 7) is 3.13. The van der Waals surface area contributed by atoms with Gasteiger partial charge in [-0.15, -0.1) is 0 Å². The fourth-order valence-electron chi connectivity index (χ4n) is 3.62. The molecule has 2 rings (SSSR count). The molecular formula is C17H26ClN. The number of nitrogens with two attached hydrogens (primary N) is 1. The predicted octanol–water partition coefficient (Wildman–Crippen LogP) is 4.67. The molecule has 1 fully saturated rings. The first-order chi connectivity index (χ1) is 9.22. The van der Waals surface area contributed by atoms with Crippen LogP contribution in [0.25, 0.3) is 0 Å². The molecule has 19 heavy (non-hydrogen) atoms. The van der Waals surface area contributed by atoms with Gasteiger partial charge in [0, 0.05) is 5.02 Å². The molecule has 3 unspecified atom stereocenters. The van der Waals surface area contributed by atoms with Crippen LogP contribution in [0.15, 0.2) is 24.3 Å². The number of rotatable bonds is 5. The summed E-state index contributed by atoms with van der Waals surface area (Å²) in [6.07, 6.45) is 7.87. The van der Waals surface area contributed by atoms with Gasteiger partial charge >= 0.3 is 0 Å². The Morgan fingerprint density at radius 1 is 1.26 bits per heavy atom. The minimum Gasteiger partial charge on any atom is -0.330 e. The van der Waals surface area contributed by atoms with Crippen LogP contribution in [0, 0.1) is 17.8 Å². The standard InChI is InChI=1S/C17H26ClN/c1-2-4-13-7-8-15(12-19)16(9-13)10-14-5-3-6-17(18)11-14/h3,5-6,11,13,15-16H,2,4,7-10,12,19H2,1H3. The first-order valence-corrected chi connectivity index (χ1v) is 8.05. The maximum atomic E-state index is 6.09. The van der Waals surface area contributed by atoms with E-state index in [0.29, 0.717) is 5.92 Å². The lowest BCUT2D eigenvalue weighted by molar-refractivity contribution is 0.175. The molecule has 0 radical (unpaired) electrons. The third kappa shape index (κ3) is 4.22. The van der Waals surface area contributed by atoms with Gasteiger partial charge in [-0.25, -0.2) is 0 Å². The van der Waals surface area contributed by atoms with E-state index in [4.69, 9.17) is 17.3 Å². The summed E-state index contributed by atoms with van der Waals surface area (Å²) in [4.78, 5) is 0. The molecule has 1 aromatic rings. The largest absolute Gasteiger partial charge is 0.330 e. The summed E-state index contributed by atoms with van der Waals surface area (Å²) in [6, 6.07) is 8.31. The molecule has 1 aliphatic rings. The SMILES string of the molecule is CCCC1CCC(CN)C(Cc2cccc(Cl)c2)C1. The van der Waals surface area contributed by atoms with E-state index in [-0.39, 0.29) is 0 Å². The number of benzene rings is 1. The molecule has 2 N–H and O–H groups in total. The molecule has 3 atom stereocenters. The highest BCUT2D eigenvalue weighted by atomic mass is 35.5. The van der Waals surface area contributed by atoms with E-state index in [1.165, 1.54) is 37.7 Å². The van der Waals surface area contributed by atoms with Crippen molar-refractivity contribution in [3.05, 3.63) is 34.9 Å². The Hall–Kier alpha value is -0.530. The van der Waals surface area contributed by atoms with Crippen molar-refractivity contribution in [1.82, 2.24) is 0 Å². The third-order valence-electron chi connectivity index (χ3n) is 4.64. The van der Waals surface area contributed by atoms with Crippen molar-refractivity contribution in [3.63, 3.8) is 0 Å². The van der Waals surface area contributed by atoms with Gasteiger partial charge in [0.15, 0.2) is 0 Å². The Kier molecular flexibility index (Phi) is 5.72. The lowest BCUT2D eigenvalue weighted by Crippen LogP contribution is -2.31. The summed E-state index contributed by atoms with van der Waals surface area (Å²) >= 11 is 6.09. The second-order valence-corrected chi connectivity index (χ2v) is 6.49. The maximum absolute atomic E-state index is 6.09. The van der Waals surface area contributed by atoms with Gasteiger partial charge in [-0.2, -0.15) is 0 Å². The van der Waals surface area contributed by atoms with E-state index in [0.717, 1.165) is 29.8 Å². The molecular weight excluding hydrogens is 254 g/mol. The molecule has 1 aromatic carbocycles. The van der Waals surface area contributed by atoms with Crippen LogP contribution in [0.3, 0.4) is 0 Å². The Morgan fingerprint density at radius 3 is 2.79 bits per heavy atom. The normalized spacial score (nSPS) is 27.4. The zero-order valence-corrected chi connectivity index (χ0v) is 12.7. The highest BCUT2D eigenvalue weighted by Gasteiger charge is 2.29. The fraction of sp³-hybridized carbons (Fsp3) is 0.647. The van der Waals surface area contributed by atoms with Gasteiger partial charge in [0.1, 0.15) is 0 Å². The summed E-state index contributed by atoms with van der Waals surface area (Å²) in [5.41, 5.74) is 7.34. The van der Waals surface area contributed by atoms with Gasteiger partial charge in [0.2, 0.25) is 0 Å². The molecule has 1 nitrogen and oxygen atoms in total. The first-order valence-electron chi connectivity index (χ1n) is 7.67. The monoisotopic (exact) mass is 279 g/mol. The summed E-state index contributed by atoms with van der Waals surface area (Å²) < 4.78 is 0. The average molecular weight is 280 g/mol. The highest BCUT2D eigenvalue weighted by Crippen LogP contribution is 2.37. The molecule has 0 spiro atoms. The van der Waals surface area contributed by atoms with Crippen LogP contribution in [0.2, 0.25) is 5.02 Å². The zero-order chi connectivity index (χ0) is 13.7. The molecule has 106 valence electrons. The third-order valence-corrected chi connectivity index (χ3v) is 4.87. The fourth-order valence-corrected chi connectivity index (χ4v) is 3.83. The van der Waals surface area contributed by atoms with Crippen molar-refractivity contribution in [1.29, 1.82) is 0 Å². The molecule has 0 aliphatic heterocycles. The van der Waals surface area contributed by atoms with Gasteiger partial charge in [0.25, 0.3) is 0 Å². The van der Waals surface area contributed by atoms with E-state index < -0.39 is 0 Å². The van der Waals surface area contributed by atoms with Crippen LogP contribution < -0.4 is 5.73 Å². The van der Waals surface area contributed by atoms with Crippen molar-refractivity contribution in [2.75, 3.05) is 6.54 Å². The van der Waals surface area contributed by atoms with Gasteiger partial charge in [-0.3, -0.25) is 0 Å². The summed E-state index contributed by atoms with van der Waals surface area (Å²) in [5.74, 6) is 2.36. The van der Waals surface area contributed by atoms with E-state index in [9.17, 15) is 0 Å². The Balaban J connectivity index is 2.01. The Bertz CT molecular complexity index is 391. The lowest BCUT2D eigenvalue weighted by atomic mass is 9.70. The van der Waals surface area contributed by atoms with Gasteiger partial charge in [0.05, 0.1) is 0 Å². The molecule has 0 heterocycles. The van der Waals surface area contributed by atoms with Crippen molar-refractivity contribution in [3.8, 4) is 0 Å². The van der Waals surface area contributed by atoms with Crippen LogP contribution in [-0.2, 0) is 6.42 Å². The smallest absolute Gasteiger partial charge is 0.0408 e. The topological polar surface area (TPSA) is 26.0 Å². The van der Waals surface area contributed by atoms with Crippen molar-refractivity contribution < 1.29 is 0 Å². The van der Waals surface area contributed by atoms with E-state index in [2.05, 4.69) is 25.1 Å². The number of hydrogen-bond donors (Lipinski definition) is 1. The second-order valence-electron chi connectivity index (χ2n) is 6.06. The highest BCUT2D eigenvalue weighted by molar-refractivity contribution is 6.30. The average Bonchev–Trinajstić information content (AvgIpc) is 2.39. The lowest BCUT2D eigenvalue weighted by Gasteiger charge is -2.36. The quantitative estimate of drug-likeness (QED) is 0.832. The molecule has 0 amide bonds. The first kappa shape index (κ1) is 14.9. The minimum atomic E-state index is 0.701. The molecule has 0 bridgehead atoms. The van der Waals surface area contributed by atoms with Crippen LogP contribution in [0.1, 0.15) is 44.6 Å². The Morgan fingerprint density at radius 2 is 2.11 bits per heavy atom. The summed E-state index contributed by atoms with van der Waals surface area (Å²) in [5, 5.41) is 0.850. The number of hydrogen-bond acceptors (Lipinski definition) is 1. The van der Waals surface area contributed by atoms with Crippen LogP contribution in [-0.4, -0.2) is 6.54 Å². The summed E-state index contributed by atoms with van der Waals surface area (Å²) in [7, 11) is 0. The maximum Gasteiger partial charge on any atom is 0.0408 e. The van der Waals surface area contributed by atoms with Crippen molar-refractivity contribution >= 4 is 11.6 Å². The molecule has 1 aliphatic carbocycles. The van der Waals surface area contributed by atoms with E-state index in [1.807, 2.05) is 6.07 Å². The van der Waals surface area contributed by atoms with Crippen molar-refractivity contribution in [2.24, 2.45) is 23.5 Å². The van der Waals surface area contributed by atoms with Crippen LogP contribution in [0.4, 0.5) is 0 Å².